The van der Waals surface area contributed by atoms with Crippen LogP contribution in [0.5, 0.6) is 0 Å². The van der Waals surface area contributed by atoms with Gasteiger partial charge in [0.25, 0.3) is 0 Å². The van der Waals surface area contributed by atoms with Crippen molar-refractivity contribution in [3.63, 3.8) is 0 Å². The summed E-state index contributed by atoms with van der Waals surface area (Å²) in [4.78, 5) is 0. The molecule has 0 saturated carbocycles. The highest BCUT2D eigenvalue weighted by molar-refractivity contribution is 7.90. The second-order valence-corrected chi connectivity index (χ2v) is 4.97. The second-order valence-electron chi connectivity index (χ2n) is 2.79. The molecule has 1 heterocycles. The van der Waals surface area contributed by atoms with E-state index >= 15 is 0 Å². The number of hydrogen-bond acceptors (Lipinski definition) is 4. The van der Waals surface area contributed by atoms with Crippen LogP contribution >= 0.6 is 0 Å². The van der Waals surface area contributed by atoms with E-state index in [-0.39, 0.29) is 17.8 Å². The van der Waals surface area contributed by atoms with Crippen molar-refractivity contribution in [2.75, 3.05) is 18.6 Å². The average molecular weight is 164 g/mol. The van der Waals surface area contributed by atoms with E-state index in [0.29, 0.717) is 0 Å². The minimum atomic E-state index is -2.84. The Morgan fingerprint density at radius 3 is 2.40 bits per heavy atom. The minimum absolute atomic E-state index is 0.116. The Hall–Kier alpha value is -0.130. The van der Waals surface area contributed by atoms with E-state index in [1.165, 1.54) is 6.26 Å². The van der Waals surface area contributed by atoms with Gasteiger partial charge in [-0.25, -0.2) is 8.42 Å². The molecule has 1 saturated heterocycles. The second kappa shape index (κ2) is 2.48. The Morgan fingerprint density at radius 1 is 1.70 bits per heavy atom. The lowest BCUT2D eigenvalue weighted by Gasteiger charge is -2.34. The van der Waals surface area contributed by atoms with Gasteiger partial charge in [0, 0.05) is 18.7 Å². The Balaban J connectivity index is 2.40. The zero-order valence-corrected chi connectivity index (χ0v) is 6.69. The number of sulfone groups is 1. The molecule has 0 radical (unpaired) electrons. The molecular formula is C5H12N2O2S. The minimum Gasteiger partial charge on any atom is -0.316 e. The highest BCUT2D eigenvalue weighted by atomic mass is 32.2. The molecule has 0 aromatic rings. The maximum atomic E-state index is 10.7. The third kappa shape index (κ3) is 1.93. The molecule has 0 unspecified atom stereocenters. The van der Waals surface area contributed by atoms with Crippen LogP contribution in [0.25, 0.3) is 0 Å². The first kappa shape index (κ1) is 7.97. The van der Waals surface area contributed by atoms with E-state index in [9.17, 15) is 8.42 Å². The molecule has 2 atom stereocenters. The number of hydrogen-bond donors (Lipinski definition) is 2. The lowest BCUT2D eigenvalue weighted by molar-refractivity contribution is 0.263. The van der Waals surface area contributed by atoms with Gasteiger partial charge in [-0.1, -0.05) is 0 Å². The van der Waals surface area contributed by atoms with Crippen LogP contribution in [0.4, 0.5) is 0 Å². The monoisotopic (exact) mass is 164 g/mol. The maximum absolute atomic E-state index is 10.7. The predicted molar refractivity (Wildman–Crippen MR) is 39.2 cm³/mol. The summed E-state index contributed by atoms with van der Waals surface area (Å²) in [6.07, 6.45) is 1.12. The molecule has 1 rings (SSSR count). The first-order valence-corrected chi connectivity index (χ1v) is 5.22. The molecule has 0 amide bonds. The molecule has 5 heteroatoms. The van der Waals surface area contributed by atoms with Crippen LogP contribution in [0, 0.1) is 5.92 Å². The normalized spacial score (nSPS) is 33.4. The van der Waals surface area contributed by atoms with E-state index in [4.69, 9.17) is 5.73 Å². The molecule has 0 spiro atoms. The van der Waals surface area contributed by atoms with Crippen LogP contribution in [0.1, 0.15) is 0 Å². The molecule has 1 aliphatic heterocycles. The number of nitrogens with one attached hydrogen (secondary N) is 1. The van der Waals surface area contributed by atoms with Gasteiger partial charge in [-0.05, 0) is 0 Å². The molecule has 10 heavy (non-hydrogen) atoms. The predicted octanol–water partition coefficient (Wildman–Crippen LogP) is -1.46. The van der Waals surface area contributed by atoms with Gasteiger partial charge in [0.05, 0.1) is 11.9 Å². The Morgan fingerprint density at radius 2 is 2.30 bits per heavy atom. The fourth-order valence-electron chi connectivity index (χ4n) is 0.972. The van der Waals surface area contributed by atoms with Crippen LogP contribution in [0.15, 0.2) is 0 Å². The van der Waals surface area contributed by atoms with Crippen molar-refractivity contribution in [3.8, 4) is 0 Å². The van der Waals surface area contributed by atoms with Gasteiger partial charge in [-0.3, -0.25) is 0 Å². The van der Waals surface area contributed by atoms with E-state index in [0.717, 1.165) is 6.54 Å². The van der Waals surface area contributed by atoms with Crippen LogP contribution < -0.4 is 11.1 Å². The molecule has 0 bridgehead atoms. The number of rotatable bonds is 2. The first-order chi connectivity index (χ1) is 4.49. The lowest BCUT2D eigenvalue weighted by Crippen LogP contribution is -2.60. The third-order valence-corrected chi connectivity index (χ3v) is 2.67. The summed E-state index contributed by atoms with van der Waals surface area (Å²) in [5.41, 5.74) is 5.45. The van der Waals surface area contributed by atoms with E-state index in [2.05, 4.69) is 5.32 Å². The topological polar surface area (TPSA) is 72.2 Å². The average Bonchev–Trinajstić information content (AvgIpc) is 1.78. The highest BCUT2D eigenvalue weighted by Crippen LogP contribution is 2.10. The zero-order chi connectivity index (χ0) is 7.78. The summed E-state index contributed by atoms with van der Waals surface area (Å²) < 4.78 is 21.4. The zero-order valence-electron chi connectivity index (χ0n) is 5.87. The van der Waals surface area contributed by atoms with E-state index in [1.54, 1.807) is 0 Å². The highest BCUT2D eigenvalue weighted by Gasteiger charge is 2.29. The van der Waals surface area contributed by atoms with Gasteiger partial charge in [0.15, 0.2) is 0 Å². The van der Waals surface area contributed by atoms with Crippen LogP contribution in [0.3, 0.4) is 0 Å². The molecule has 4 nitrogen and oxygen atoms in total. The third-order valence-electron chi connectivity index (χ3n) is 1.64. The first-order valence-electron chi connectivity index (χ1n) is 3.16. The molecular weight excluding hydrogens is 152 g/mol. The summed E-state index contributed by atoms with van der Waals surface area (Å²) in [6, 6.07) is 0. The SMILES string of the molecule is CS(=O)(=O)C[C@H]1CN[C@@H]1N. The molecule has 0 aromatic heterocycles. The molecule has 3 N–H and O–H groups in total. The van der Waals surface area contributed by atoms with Crippen molar-refractivity contribution >= 4 is 9.84 Å². The Bertz CT molecular complexity index is 212. The molecule has 1 aliphatic rings. The van der Waals surface area contributed by atoms with Gasteiger partial charge < -0.3 is 11.1 Å². The lowest BCUT2D eigenvalue weighted by atomic mass is 10.0. The van der Waals surface area contributed by atoms with Crippen molar-refractivity contribution < 1.29 is 8.42 Å². The Labute approximate surface area is 60.7 Å². The maximum Gasteiger partial charge on any atom is 0.147 e. The summed E-state index contributed by atoms with van der Waals surface area (Å²) in [6.45, 7) is 0.730. The largest absolute Gasteiger partial charge is 0.316 e. The van der Waals surface area contributed by atoms with Crippen molar-refractivity contribution in [1.29, 1.82) is 0 Å². The van der Waals surface area contributed by atoms with Crippen molar-refractivity contribution in [2.24, 2.45) is 11.7 Å². The Kier molecular flexibility index (Phi) is 1.98. The number of nitrogens with two attached hydrogens (primary N) is 1. The van der Waals surface area contributed by atoms with Crippen molar-refractivity contribution in [2.45, 2.75) is 6.17 Å². The summed E-state index contributed by atoms with van der Waals surface area (Å²) in [5, 5.41) is 2.89. The van der Waals surface area contributed by atoms with E-state index < -0.39 is 9.84 Å². The van der Waals surface area contributed by atoms with Gasteiger partial charge in [0.1, 0.15) is 9.84 Å². The fourth-order valence-corrected chi connectivity index (χ4v) is 2.07. The van der Waals surface area contributed by atoms with Crippen LogP contribution in [-0.2, 0) is 9.84 Å². The van der Waals surface area contributed by atoms with Crippen LogP contribution in [0.2, 0.25) is 0 Å². The summed E-state index contributed by atoms with van der Waals surface area (Å²) in [7, 11) is -2.84. The van der Waals surface area contributed by atoms with Crippen molar-refractivity contribution in [1.82, 2.24) is 5.32 Å². The quantitative estimate of drug-likeness (QED) is 0.523. The summed E-state index contributed by atoms with van der Waals surface area (Å²) in [5.74, 6) is 0.330. The van der Waals surface area contributed by atoms with Gasteiger partial charge >= 0.3 is 0 Å². The fraction of sp³-hybridized carbons (Fsp3) is 1.00. The molecule has 60 valence electrons. The smallest absolute Gasteiger partial charge is 0.147 e. The van der Waals surface area contributed by atoms with Gasteiger partial charge in [-0.2, -0.15) is 0 Å². The molecule has 0 aromatic carbocycles. The van der Waals surface area contributed by atoms with Crippen LogP contribution in [-0.4, -0.2) is 33.1 Å². The van der Waals surface area contributed by atoms with Gasteiger partial charge in [0.2, 0.25) is 0 Å². The standard InChI is InChI=1S/C5H12N2O2S/c1-10(8,9)3-4-2-7-5(4)6/h4-5,7H,2-3,6H2,1H3/t4-,5+/m1/s1. The van der Waals surface area contributed by atoms with Gasteiger partial charge in [-0.15, -0.1) is 0 Å². The molecule has 1 fully saturated rings. The summed E-state index contributed by atoms with van der Waals surface area (Å²) >= 11 is 0. The molecule has 0 aliphatic carbocycles. The van der Waals surface area contributed by atoms with E-state index in [1.807, 2.05) is 0 Å². The van der Waals surface area contributed by atoms with Crippen molar-refractivity contribution in [3.05, 3.63) is 0 Å².